The van der Waals surface area contributed by atoms with E-state index in [0.29, 0.717) is 5.17 Å². The number of halogens is 1. The summed E-state index contributed by atoms with van der Waals surface area (Å²) in [5.74, 6) is 5.96. The molecule has 0 radical (unpaired) electrons. The smallest absolute Gasteiger partial charge is 0.200 e. The summed E-state index contributed by atoms with van der Waals surface area (Å²) >= 11 is 1.58. The SMILES string of the molecule is Br.CC(C)(C)C1=NNC(=NN)SC1. The number of hydrogen-bond acceptors (Lipinski definition) is 4. The predicted molar refractivity (Wildman–Crippen MR) is 64.4 cm³/mol. The van der Waals surface area contributed by atoms with Crippen molar-refractivity contribution in [2.45, 2.75) is 20.8 Å². The van der Waals surface area contributed by atoms with Gasteiger partial charge in [0.15, 0.2) is 0 Å². The number of nitrogens with zero attached hydrogens (tertiary/aromatic N) is 2. The van der Waals surface area contributed by atoms with Crippen LogP contribution in [0.15, 0.2) is 10.2 Å². The van der Waals surface area contributed by atoms with E-state index in [0.717, 1.165) is 11.5 Å². The molecule has 0 aromatic rings. The van der Waals surface area contributed by atoms with Crippen molar-refractivity contribution in [3.63, 3.8) is 0 Å². The molecule has 0 spiro atoms. The Kier molecular flexibility index (Phi) is 4.77. The largest absolute Gasteiger partial charge is 0.321 e. The van der Waals surface area contributed by atoms with E-state index in [4.69, 9.17) is 5.84 Å². The van der Waals surface area contributed by atoms with Crippen LogP contribution >= 0.6 is 28.7 Å². The van der Waals surface area contributed by atoms with Gasteiger partial charge in [-0.2, -0.15) is 10.2 Å². The lowest BCUT2D eigenvalue weighted by atomic mass is 9.91. The molecule has 0 fully saturated rings. The normalized spacial score (nSPS) is 20.2. The fraction of sp³-hybridized carbons (Fsp3) is 0.714. The van der Waals surface area contributed by atoms with Crippen LogP contribution in [-0.2, 0) is 0 Å². The summed E-state index contributed by atoms with van der Waals surface area (Å²) in [6.07, 6.45) is 0. The van der Waals surface area contributed by atoms with Gasteiger partial charge < -0.3 is 5.84 Å². The zero-order valence-electron chi connectivity index (χ0n) is 8.00. The van der Waals surface area contributed by atoms with Crippen molar-refractivity contribution < 1.29 is 0 Å². The molecule has 0 aliphatic carbocycles. The van der Waals surface area contributed by atoms with Gasteiger partial charge in [0.2, 0.25) is 5.17 Å². The Balaban J connectivity index is 0.00000144. The van der Waals surface area contributed by atoms with E-state index in [9.17, 15) is 0 Å². The second-order valence-corrected chi connectivity index (χ2v) is 4.61. The third-order valence-corrected chi connectivity index (χ3v) is 2.50. The van der Waals surface area contributed by atoms with Crippen molar-refractivity contribution in [1.82, 2.24) is 5.43 Å². The fourth-order valence-electron chi connectivity index (χ4n) is 0.767. The molecule has 76 valence electrons. The molecule has 13 heavy (non-hydrogen) atoms. The van der Waals surface area contributed by atoms with Gasteiger partial charge in [-0.15, -0.1) is 17.0 Å². The zero-order chi connectivity index (χ0) is 9.19. The molecular weight excluding hydrogens is 252 g/mol. The van der Waals surface area contributed by atoms with Gasteiger partial charge in [0, 0.05) is 11.2 Å². The van der Waals surface area contributed by atoms with Crippen molar-refractivity contribution in [2.75, 3.05) is 5.75 Å². The standard InChI is InChI=1S/C7H14N4S.BrH/c1-7(2,3)5-4-12-6(9-8)11-10-5;/h4,8H2,1-3H3,(H,9,11);1H. The topological polar surface area (TPSA) is 62.8 Å². The van der Waals surface area contributed by atoms with E-state index < -0.39 is 0 Å². The Hall–Kier alpha value is -0.230. The molecule has 0 saturated heterocycles. The van der Waals surface area contributed by atoms with Crippen LogP contribution in [-0.4, -0.2) is 16.6 Å². The summed E-state index contributed by atoms with van der Waals surface area (Å²) in [7, 11) is 0. The Labute approximate surface area is 93.2 Å². The number of rotatable bonds is 0. The average molecular weight is 267 g/mol. The maximum Gasteiger partial charge on any atom is 0.200 e. The first-order chi connectivity index (χ1) is 5.54. The van der Waals surface area contributed by atoms with Gasteiger partial charge in [-0.1, -0.05) is 32.5 Å². The first kappa shape index (κ1) is 12.8. The molecule has 1 aliphatic rings. The lowest BCUT2D eigenvalue weighted by molar-refractivity contribution is 0.583. The van der Waals surface area contributed by atoms with Crippen molar-refractivity contribution in [3.8, 4) is 0 Å². The molecule has 4 nitrogen and oxygen atoms in total. The second kappa shape index (κ2) is 4.85. The zero-order valence-corrected chi connectivity index (χ0v) is 10.5. The van der Waals surface area contributed by atoms with E-state index in [-0.39, 0.29) is 22.4 Å². The summed E-state index contributed by atoms with van der Waals surface area (Å²) in [6, 6.07) is 0. The number of nitrogens with one attached hydrogen (secondary N) is 1. The van der Waals surface area contributed by atoms with Crippen molar-refractivity contribution in [3.05, 3.63) is 0 Å². The highest BCUT2D eigenvalue weighted by molar-refractivity contribution is 8.93. The molecule has 0 aromatic heterocycles. The van der Waals surface area contributed by atoms with Crippen LogP contribution in [0.3, 0.4) is 0 Å². The van der Waals surface area contributed by atoms with Crippen LogP contribution in [0.2, 0.25) is 0 Å². The second-order valence-electron chi connectivity index (χ2n) is 3.64. The summed E-state index contributed by atoms with van der Waals surface area (Å²) in [5.41, 5.74) is 4.07. The maximum absolute atomic E-state index is 5.09. The van der Waals surface area contributed by atoms with Gasteiger partial charge in [0.25, 0.3) is 0 Å². The molecule has 0 amide bonds. The number of hydrogen-bond donors (Lipinski definition) is 2. The van der Waals surface area contributed by atoms with Gasteiger partial charge in [-0.25, -0.2) is 0 Å². The van der Waals surface area contributed by atoms with Crippen molar-refractivity contribution >= 4 is 39.6 Å². The molecule has 0 atom stereocenters. The minimum Gasteiger partial charge on any atom is -0.321 e. The molecule has 6 heteroatoms. The Morgan fingerprint density at radius 2 is 2.15 bits per heavy atom. The molecule has 1 aliphatic heterocycles. The van der Waals surface area contributed by atoms with Crippen LogP contribution in [0, 0.1) is 5.41 Å². The molecule has 0 saturated carbocycles. The number of thioether (sulfide) groups is 1. The fourth-order valence-corrected chi connectivity index (χ4v) is 1.72. The van der Waals surface area contributed by atoms with E-state index in [1.54, 1.807) is 11.8 Å². The highest BCUT2D eigenvalue weighted by Crippen LogP contribution is 2.21. The van der Waals surface area contributed by atoms with Gasteiger partial charge >= 0.3 is 0 Å². The van der Waals surface area contributed by atoms with Gasteiger partial charge in [-0.3, -0.25) is 5.43 Å². The van der Waals surface area contributed by atoms with Crippen LogP contribution < -0.4 is 11.3 Å². The Bertz CT molecular complexity index is 231. The van der Waals surface area contributed by atoms with Gasteiger partial charge in [0.05, 0.1) is 5.71 Å². The monoisotopic (exact) mass is 266 g/mol. The van der Waals surface area contributed by atoms with Crippen molar-refractivity contribution in [1.29, 1.82) is 0 Å². The molecule has 0 unspecified atom stereocenters. The number of hydrazone groups is 2. The molecular formula is C7H15BrN4S. The predicted octanol–water partition coefficient (Wildman–Crippen LogP) is 1.53. The van der Waals surface area contributed by atoms with Crippen LogP contribution in [0.1, 0.15) is 20.8 Å². The number of nitrogens with two attached hydrogens (primary N) is 1. The average Bonchev–Trinajstić information content (AvgIpc) is 2.03. The van der Waals surface area contributed by atoms with Crippen molar-refractivity contribution in [2.24, 2.45) is 21.5 Å². The maximum atomic E-state index is 5.09. The third-order valence-electron chi connectivity index (χ3n) is 1.62. The van der Waals surface area contributed by atoms with Crippen LogP contribution in [0.5, 0.6) is 0 Å². The Morgan fingerprint density at radius 3 is 2.46 bits per heavy atom. The van der Waals surface area contributed by atoms with E-state index in [1.807, 2.05) is 0 Å². The van der Waals surface area contributed by atoms with E-state index in [1.165, 1.54) is 0 Å². The Morgan fingerprint density at radius 1 is 1.54 bits per heavy atom. The first-order valence-electron chi connectivity index (χ1n) is 3.78. The molecule has 0 bridgehead atoms. The lowest BCUT2D eigenvalue weighted by Crippen LogP contribution is -2.33. The van der Waals surface area contributed by atoms with Crippen LogP contribution in [0.4, 0.5) is 0 Å². The first-order valence-corrected chi connectivity index (χ1v) is 4.76. The van der Waals surface area contributed by atoms with Gasteiger partial charge in [0.1, 0.15) is 0 Å². The van der Waals surface area contributed by atoms with E-state index in [2.05, 4.69) is 36.4 Å². The summed E-state index contributed by atoms with van der Waals surface area (Å²) in [4.78, 5) is 0. The quantitative estimate of drug-likeness (QED) is 0.517. The highest BCUT2D eigenvalue weighted by atomic mass is 79.9. The number of amidine groups is 1. The van der Waals surface area contributed by atoms with Gasteiger partial charge in [-0.05, 0) is 0 Å². The highest BCUT2D eigenvalue weighted by Gasteiger charge is 2.22. The van der Waals surface area contributed by atoms with E-state index >= 15 is 0 Å². The summed E-state index contributed by atoms with van der Waals surface area (Å²) in [6.45, 7) is 6.41. The summed E-state index contributed by atoms with van der Waals surface area (Å²) in [5, 5.41) is 8.40. The molecule has 1 rings (SSSR count). The minimum absolute atomic E-state index is 0. The molecule has 0 aromatic carbocycles. The lowest BCUT2D eigenvalue weighted by Gasteiger charge is -2.24. The molecule has 3 N–H and O–H groups in total. The molecule has 1 heterocycles. The summed E-state index contributed by atoms with van der Waals surface area (Å²) < 4.78 is 0. The third kappa shape index (κ3) is 3.56. The van der Waals surface area contributed by atoms with Crippen LogP contribution in [0.25, 0.3) is 0 Å². The minimum atomic E-state index is 0.